The van der Waals surface area contributed by atoms with Crippen LogP contribution in [0.2, 0.25) is 0 Å². The Bertz CT molecular complexity index is 164. The van der Waals surface area contributed by atoms with Crippen LogP contribution < -0.4 is 0 Å². The molecule has 0 aliphatic rings. The third kappa shape index (κ3) is 9.45. The Labute approximate surface area is 80.4 Å². The molecule has 0 saturated carbocycles. The van der Waals surface area contributed by atoms with Crippen LogP contribution in [0.1, 0.15) is 6.92 Å². The number of hydrogen-bond acceptors (Lipinski definition) is 3. The van der Waals surface area contributed by atoms with E-state index in [0.717, 1.165) is 12.2 Å². The molecular formula is C6H8MgO4. The second kappa shape index (κ2) is 7.55. The third-order valence-electron chi connectivity index (χ3n) is 0.649. The lowest BCUT2D eigenvalue weighted by atomic mass is 10.5. The number of hydrogen-bond donors (Lipinski definition) is 1. The molecule has 2 radical (unpaired) electrons. The summed E-state index contributed by atoms with van der Waals surface area (Å²) < 4.78 is 4.40. The largest absolute Gasteiger partial charge is 0.478 e. The smallest absolute Gasteiger partial charge is 0.330 e. The molecule has 0 unspecified atom stereocenters. The highest BCUT2D eigenvalue weighted by atomic mass is 24.3. The lowest BCUT2D eigenvalue weighted by Crippen LogP contribution is -2.00. The van der Waals surface area contributed by atoms with Gasteiger partial charge in [-0.15, -0.1) is 0 Å². The van der Waals surface area contributed by atoms with Crippen LogP contribution in [0.25, 0.3) is 0 Å². The average Bonchev–Trinajstić information content (AvgIpc) is 1.85. The fourth-order valence-electron chi connectivity index (χ4n) is 0.330. The summed E-state index contributed by atoms with van der Waals surface area (Å²) in [5.74, 6) is -1.79. The Morgan fingerprint density at radius 1 is 1.45 bits per heavy atom. The van der Waals surface area contributed by atoms with Crippen LogP contribution in [0.5, 0.6) is 0 Å². The van der Waals surface area contributed by atoms with E-state index in [9.17, 15) is 9.59 Å². The molecule has 0 aromatic heterocycles. The number of carboxylic acids is 1. The first-order chi connectivity index (χ1) is 4.66. The van der Waals surface area contributed by atoms with Crippen molar-refractivity contribution in [3.63, 3.8) is 0 Å². The number of carbonyl (C=O) groups excluding carboxylic acids is 1. The van der Waals surface area contributed by atoms with Crippen LogP contribution in [0, 0.1) is 0 Å². The standard InChI is InChI=1S/C6H8O4.Mg/c1-2-10-6(9)4-3-5(7)8;/h3-4H,2H2,1H3,(H,7,8);/b4-3+;. The number of esters is 1. The van der Waals surface area contributed by atoms with Gasteiger partial charge in [-0.3, -0.25) is 0 Å². The first-order valence-corrected chi connectivity index (χ1v) is 2.74. The summed E-state index contributed by atoms with van der Waals surface area (Å²) in [6.07, 6.45) is 1.60. The Kier molecular flexibility index (Phi) is 8.97. The van der Waals surface area contributed by atoms with E-state index in [0.29, 0.717) is 0 Å². The molecule has 0 aliphatic carbocycles. The van der Waals surface area contributed by atoms with Crippen molar-refractivity contribution in [1.82, 2.24) is 0 Å². The average molecular weight is 168 g/mol. The molecule has 0 atom stereocenters. The van der Waals surface area contributed by atoms with Crippen molar-refractivity contribution in [3.8, 4) is 0 Å². The van der Waals surface area contributed by atoms with E-state index in [1.54, 1.807) is 6.92 Å². The maximum atomic E-state index is 10.4. The quantitative estimate of drug-likeness (QED) is 0.360. The topological polar surface area (TPSA) is 63.6 Å². The highest BCUT2D eigenvalue weighted by molar-refractivity contribution is 5.90. The van der Waals surface area contributed by atoms with Crippen LogP contribution in [-0.2, 0) is 14.3 Å². The molecule has 0 spiro atoms. The minimum absolute atomic E-state index is 0. The molecule has 0 aliphatic heterocycles. The fourth-order valence-corrected chi connectivity index (χ4v) is 0.330. The zero-order valence-corrected chi connectivity index (χ0v) is 7.66. The maximum absolute atomic E-state index is 10.4. The van der Waals surface area contributed by atoms with E-state index in [-0.39, 0.29) is 29.7 Å². The van der Waals surface area contributed by atoms with Gasteiger partial charge in [0.25, 0.3) is 0 Å². The second-order valence-electron chi connectivity index (χ2n) is 1.42. The highest BCUT2D eigenvalue weighted by Gasteiger charge is 1.94. The van der Waals surface area contributed by atoms with Crippen molar-refractivity contribution in [2.24, 2.45) is 0 Å². The molecule has 5 heteroatoms. The zero-order chi connectivity index (χ0) is 7.98. The molecule has 0 aromatic carbocycles. The predicted molar refractivity (Wildman–Crippen MR) is 39.2 cm³/mol. The number of carboxylic acid groups (broad SMARTS) is 1. The van der Waals surface area contributed by atoms with Crippen LogP contribution >= 0.6 is 0 Å². The molecule has 0 bridgehead atoms. The van der Waals surface area contributed by atoms with Crippen molar-refractivity contribution in [2.45, 2.75) is 6.92 Å². The maximum Gasteiger partial charge on any atom is 0.330 e. The molecule has 0 aromatic rings. The van der Waals surface area contributed by atoms with Crippen LogP contribution in [0.4, 0.5) is 0 Å². The van der Waals surface area contributed by atoms with E-state index in [4.69, 9.17) is 5.11 Å². The predicted octanol–water partition coefficient (Wildman–Crippen LogP) is -0.190. The van der Waals surface area contributed by atoms with Crippen molar-refractivity contribution in [3.05, 3.63) is 12.2 Å². The van der Waals surface area contributed by atoms with Gasteiger partial charge in [0.15, 0.2) is 0 Å². The number of ether oxygens (including phenoxy) is 1. The van der Waals surface area contributed by atoms with Gasteiger partial charge in [-0.05, 0) is 6.92 Å². The van der Waals surface area contributed by atoms with E-state index in [1.807, 2.05) is 0 Å². The molecule has 4 nitrogen and oxygen atoms in total. The molecule has 0 rings (SSSR count). The van der Waals surface area contributed by atoms with E-state index in [1.165, 1.54) is 0 Å². The van der Waals surface area contributed by atoms with Crippen LogP contribution in [-0.4, -0.2) is 46.7 Å². The Morgan fingerprint density at radius 2 is 2.00 bits per heavy atom. The SMILES string of the molecule is CCOC(=O)/C=C/C(=O)O.[Mg]. The molecule has 1 N–H and O–H groups in total. The van der Waals surface area contributed by atoms with Gasteiger partial charge < -0.3 is 9.84 Å². The fraction of sp³-hybridized carbons (Fsp3) is 0.333. The van der Waals surface area contributed by atoms with Crippen LogP contribution in [0.15, 0.2) is 12.2 Å². The van der Waals surface area contributed by atoms with Crippen molar-refractivity contribution in [1.29, 1.82) is 0 Å². The monoisotopic (exact) mass is 168 g/mol. The summed E-state index contributed by atoms with van der Waals surface area (Å²) in [7, 11) is 0. The number of carbonyl (C=O) groups is 2. The van der Waals surface area contributed by atoms with Gasteiger partial charge >= 0.3 is 11.9 Å². The minimum Gasteiger partial charge on any atom is -0.478 e. The Balaban J connectivity index is 0. The molecule has 0 heterocycles. The van der Waals surface area contributed by atoms with Crippen molar-refractivity contribution < 1.29 is 19.4 Å². The third-order valence-corrected chi connectivity index (χ3v) is 0.649. The van der Waals surface area contributed by atoms with Gasteiger partial charge in [0.05, 0.1) is 6.61 Å². The normalized spacial score (nSPS) is 8.82. The minimum atomic E-state index is -1.16. The second-order valence-corrected chi connectivity index (χ2v) is 1.42. The molecule has 58 valence electrons. The van der Waals surface area contributed by atoms with E-state index >= 15 is 0 Å². The highest BCUT2D eigenvalue weighted by Crippen LogP contribution is 1.80. The van der Waals surface area contributed by atoms with E-state index in [2.05, 4.69) is 4.74 Å². The van der Waals surface area contributed by atoms with Crippen molar-refractivity contribution in [2.75, 3.05) is 6.61 Å². The Hall–Kier alpha value is -0.554. The first-order valence-electron chi connectivity index (χ1n) is 2.74. The van der Waals surface area contributed by atoms with Gasteiger partial charge in [0.2, 0.25) is 0 Å². The lowest BCUT2D eigenvalue weighted by Gasteiger charge is -1.92. The summed E-state index contributed by atoms with van der Waals surface area (Å²) in [5.41, 5.74) is 0. The van der Waals surface area contributed by atoms with Gasteiger partial charge in [0, 0.05) is 35.2 Å². The first kappa shape index (κ1) is 13.1. The molecule has 0 amide bonds. The van der Waals surface area contributed by atoms with Crippen molar-refractivity contribution >= 4 is 35.0 Å². The number of rotatable bonds is 3. The zero-order valence-electron chi connectivity index (χ0n) is 6.24. The molecule has 0 saturated heterocycles. The summed E-state index contributed by atoms with van der Waals surface area (Å²) in [5, 5.41) is 8.04. The summed E-state index contributed by atoms with van der Waals surface area (Å²) in [6, 6.07) is 0. The summed E-state index contributed by atoms with van der Waals surface area (Å²) in [6.45, 7) is 1.90. The van der Waals surface area contributed by atoms with Gasteiger partial charge in [-0.1, -0.05) is 0 Å². The van der Waals surface area contributed by atoms with Gasteiger partial charge in [-0.25, -0.2) is 9.59 Å². The summed E-state index contributed by atoms with van der Waals surface area (Å²) >= 11 is 0. The molecular weight excluding hydrogens is 160 g/mol. The molecule has 0 fully saturated rings. The number of aliphatic carboxylic acids is 1. The van der Waals surface area contributed by atoms with Gasteiger partial charge in [-0.2, -0.15) is 0 Å². The summed E-state index contributed by atoms with van der Waals surface area (Å²) in [4.78, 5) is 20.2. The van der Waals surface area contributed by atoms with E-state index < -0.39 is 11.9 Å². The molecule has 11 heavy (non-hydrogen) atoms. The lowest BCUT2D eigenvalue weighted by molar-refractivity contribution is -0.138. The Morgan fingerprint density at radius 3 is 2.36 bits per heavy atom. The van der Waals surface area contributed by atoms with Gasteiger partial charge in [0.1, 0.15) is 0 Å². The van der Waals surface area contributed by atoms with Crippen LogP contribution in [0.3, 0.4) is 0 Å².